The van der Waals surface area contributed by atoms with Crippen LogP contribution in [0.5, 0.6) is 0 Å². The second kappa shape index (κ2) is 7.35. The van der Waals surface area contributed by atoms with Crippen LogP contribution in [0.1, 0.15) is 30.0 Å². The van der Waals surface area contributed by atoms with Crippen LogP contribution in [0.2, 0.25) is 0 Å². The fourth-order valence-electron chi connectivity index (χ4n) is 3.65. The average molecular weight is 387 g/mol. The monoisotopic (exact) mass is 386 g/mol. The quantitative estimate of drug-likeness (QED) is 0.791. The normalized spacial score (nSPS) is 14.7. The molecule has 5 nitrogen and oxygen atoms in total. The van der Waals surface area contributed by atoms with Gasteiger partial charge in [0.2, 0.25) is 10.0 Å². The molecule has 2 aromatic rings. The van der Waals surface area contributed by atoms with E-state index in [2.05, 4.69) is 0 Å². The number of sulfonamides is 1. The first kappa shape index (κ1) is 19.4. The van der Waals surface area contributed by atoms with Crippen LogP contribution >= 0.6 is 0 Å². The van der Waals surface area contributed by atoms with Gasteiger partial charge < -0.3 is 4.90 Å². The summed E-state index contributed by atoms with van der Waals surface area (Å²) >= 11 is 0. The van der Waals surface area contributed by atoms with Crippen molar-refractivity contribution in [1.29, 1.82) is 0 Å². The fraction of sp³-hybridized carbons (Fsp3) is 0.381. The van der Waals surface area contributed by atoms with Crippen LogP contribution in [0.25, 0.3) is 0 Å². The molecule has 0 N–H and O–H groups in total. The third-order valence-corrected chi connectivity index (χ3v) is 6.39. The van der Waals surface area contributed by atoms with Crippen LogP contribution < -0.4 is 9.21 Å². The summed E-state index contributed by atoms with van der Waals surface area (Å²) in [6, 6.07) is 12.5. The largest absolute Gasteiger partial charge is 0.310 e. The lowest BCUT2D eigenvalue weighted by Gasteiger charge is -2.33. The minimum absolute atomic E-state index is 0.175. The van der Waals surface area contributed by atoms with Crippen molar-refractivity contribution >= 4 is 27.3 Å². The number of carbonyl (C=O) groups is 1. The Morgan fingerprint density at radius 3 is 2.48 bits per heavy atom. The van der Waals surface area contributed by atoms with Crippen molar-refractivity contribution in [3.63, 3.8) is 0 Å². The topological polar surface area (TPSA) is 57.7 Å². The van der Waals surface area contributed by atoms with Crippen LogP contribution in [0, 0.1) is 13.8 Å². The SMILES string of the molecule is CC[C@H](C(=O)N1CCc2ccccc21)N(c1ccc(C)c(C)c1)S(C)(=O)=O. The highest BCUT2D eigenvalue weighted by Gasteiger charge is 2.36. The summed E-state index contributed by atoms with van der Waals surface area (Å²) in [5.41, 5.74) is 4.62. The van der Waals surface area contributed by atoms with Gasteiger partial charge >= 0.3 is 0 Å². The zero-order chi connectivity index (χ0) is 19.8. The average Bonchev–Trinajstić information content (AvgIpc) is 3.04. The Kier molecular flexibility index (Phi) is 5.29. The third kappa shape index (κ3) is 3.72. The predicted octanol–water partition coefficient (Wildman–Crippen LogP) is 3.44. The molecule has 0 aromatic heterocycles. The minimum Gasteiger partial charge on any atom is -0.310 e. The van der Waals surface area contributed by atoms with Crippen molar-refractivity contribution in [3.8, 4) is 0 Å². The zero-order valence-corrected chi connectivity index (χ0v) is 17.1. The van der Waals surface area contributed by atoms with Gasteiger partial charge in [-0.05, 0) is 61.6 Å². The second-order valence-corrected chi connectivity index (χ2v) is 8.98. The Morgan fingerprint density at radius 1 is 1.15 bits per heavy atom. The summed E-state index contributed by atoms with van der Waals surface area (Å²) in [7, 11) is -3.62. The van der Waals surface area contributed by atoms with Crippen molar-refractivity contribution in [3.05, 3.63) is 59.2 Å². The Hall–Kier alpha value is -2.34. The van der Waals surface area contributed by atoms with Crippen molar-refractivity contribution in [1.82, 2.24) is 0 Å². The molecule has 1 atom stereocenters. The standard InChI is InChI=1S/C21H26N2O3S/c1-5-19(21(24)22-13-12-17-8-6-7-9-20(17)22)23(27(4,25)26)18-11-10-15(2)16(3)14-18/h6-11,14,19H,5,12-13H2,1-4H3/t19-/m1/s1. The molecule has 3 rings (SSSR count). The number of rotatable bonds is 5. The molecule has 1 heterocycles. The van der Waals surface area contributed by atoms with Gasteiger partial charge in [0, 0.05) is 12.2 Å². The highest BCUT2D eigenvalue weighted by Crippen LogP contribution is 2.31. The number of hydrogen-bond donors (Lipinski definition) is 0. The lowest BCUT2D eigenvalue weighted by atomic mass is 10.1. The Labute approximate surface area is 161 Å². The molecule has 144 valence electrons. The first-order valence-corrected chi connectivity index (χ1v) is 11.0. The van der Waals surface area contributed by atoms with E-state index in [1.165, 1.54) is 4.31 Å². The molecule has 0 fully saturated rings. The molecule has 0 radical (unpaired) electrons. The van der Waals surface area contributed by atoms with Crippen molar-refractivity contribution in [2.75, 3.05) is 22.0 Å². The molecule has 0 aliphatic carbocycles. The first-order valence-electron chi connectivity index (χ1n) is 9.20. The maximum absolute atomic E-state index is 13.4. The Bertz CT molecular complexity index is 969. The van der Waals surface area contributed by atoms with E-state index in [0.717, 1.165) is 35.1 Å². The summed E-state index contributed by atoms with van der Waals surface area (Å²) in [5.74, 6) is -0.175. The number of amides is 1. The maximum atomic E-state index is 13.4. The number of fused-ring (bicyclic) bond motifs is 1. The summed E-state index contributed by atoms with van der Waals surface area (Å²) in [6.45, 7) is 6.36. The van der Waals surface area contributed by atoms with Gasteiger partial charge in [-0.15, -0.1) is 0 Å². The van der Waals surface area contributed by atoms with E-state index in [4.69, 9.17) is 0 Å². The molecule has 6 heteroatoms. The van der Waals surface area contributed by atoms with E-state index in [9.17, 15) is 13.2 Å². The van der Waals surface area contributed by atoms with Gasteiger partial charge in [0.25, 0.3) is 5.91 Å². The van der Waals surface area contributed by atoms with E-state index in [0.29, 0.717) is 18.7 Å². The molecule has 1 aliphatic heterocycles. The van der Waals surface area contributed by atoms with Gasteiger partial charge in [0.1, 0.15) is 6.04 Å². The van der Waals surface area contributed by atoms with Crippen molar-refractivity contribution in [2.45, 2.75) is 39.7 Å². The van der Waals surface area contributed by atoms with E-state index in [1.54, 1.807) is 11.0 Å². The molecule has 0 bridgehead atoms. The molecular weight excluding hydrogens is 360 g/mol. The Morgan fingerprint density at radius 2 is 1.85 bits per heavy atom. The van der Waals surface area contributed by atoms with Gasteiger partial charge in [-0.1, -0.05) is 31.2 Å². The molecule has 0 spiro atoms. The van der Waals surface area contributed by atoms with E-state index in [1.807, 2.05) is 57.2 Å². The molecule has 0 saturated carbocycles. The van der Waals surface area contributed by atoms with Crippen LogP contribution in [0.3, 0.4) is 0 Å². The smallest absolute Gasteiger partial charge is 0.250 e. The Balaban J connectivity index is 2.02. The summed E-state index contributed by atoms with van der Waals surface area (Å²) < 4.78 is 26.6. The number of nitrogens with zero attached hydrogens (tertiary/aromatic N) is 2. The second-order valence-electron chi connectivity index (χ2n) is 7.12. The van der Waals surface area contributed by atoms with Crippen molar-refractivity contribution in [2.24, 2.45) is 0 Å². The fourth-order valence-corrected chi connectivity index (χ4v) is 4.85. The number of anilines is 2. The first-order chi connectivity index (χ1) is 12.7. The summed E-state index contributed by atoms with van der Waals surface area (Å²) in [5, 5.41) is 0. The summed E-state index contributed by atoms with van der Waals surface area (Å²) in [6.07, 6.45) is 2.36. The molecule has 27 heavy (non-hydrogen) atoms. The highest BCUT2D eigenvalue weighted by molar-refractivity contribution is 7.92. The van der Waals surface area contributed by atoms with Gasteiger partial charge in [0.05, 0.1) is 11.9 Å². The van der Waals surface area contributed by atoms with E-state index < -0.39 is 16.1 Å². The van der Waals surface area contributed by atoms with Crippen LogP contribution in [0.4, 0.5) is 11.4 Å². The third-order valence-electron chi connectivity index (χ3n) is 5.21. The lowest BCUT2D eigenvalue weighted by molar-refractivity contribution is -0.119. The van der Waals surface area contributed by atoms with E-state index in [-0.39, 0.29) is 5.91 Å². The highest BCUT2D eigenvalue weighted by atomic mass is 32.2. The van der Waals surface area contributed by atoms with Gasteiger partial charge in [-0.25, -0.2) is 8.42 Å². The minimum atomic E-state index is -3.62. The molecule has 2 aromatic carbocycles. The van der Waals surface area contributed by atoms with Gasteiger partial charge in [0.15, 0.2) is 0 Å². The van der Waals surface area contributed by atoms with Crippen molar-refractivity contribution < 1.29 is 13.2 Å². The molecular formula is C21H26N2O3S. The number of benzene rings is 2. The molecule has 0 unspecified atom stereocenters. The predicted molar refractivity (Wildman–Crippen MR) is 110 cm³/mol. The molecule has 0 saturated heterocycles. The van der Waals surface area contributed by atoms with Crippen LogP contribution in [-0.2, 0) is 21.2 Å². The molecule has 1 amide bonds. The maximum Gasteiger partial charge on any atom is 0.250 e. The molecule has 1 aliphatic rings. The summed E-state index contributed by atoms with van der Waals surface area (Å²) in [4.78, 5) is 15.1. The van der Waals surface area contributed by atoms with Crippen LogP contribution in [0.15, 0.2) is 42.5 Å². The van der Waals surface area contributed by atoms with E-state index >= 15 is 0 Å². The number of aryl methyl sites for hydroxylation is 2. The number of para-hydroxylation sites is 1. The number of hydrogen-bond acceptors (Lipinski definition) is 3. The lowest BCUT2D eigenvalue weighted by Crippen LogP contribution is -2.50. The zero-order valence-electron chi connectivity index (χ0n) is 16.3. The van der Waals surface area contributed by atoms with Crippen LogP contribution in [-0.4, -0.2) is 33.2 Å². The van der Waals surface area contributed by atoms with Gasteiger partial charge in [-0.3, -0.25) is 9.10 Å². The number of carbonyl (C=O) groups excluding carboxylic acids is 1. The van der Waals surface area contributed by atoms with Gasteiger partial charge in [-0.2, -0.15) is 0 Å².